The van der Waals surface area contributed by atoms with Gasteiger partial charge in [-0.3, -0.25) is 4.98 Å². The smallest absolute Gasteiger partial charge is 0.408 e. The highest BCUT2D eigenvalue weighted by Gasteiger charge is 2.17. The minimum absolute atomic E-state index is 0.250. The number of pyridine rings is 1. The molecule has 23 heavy (non-hydrogen) atoms. The maximum Gasteiger partial charge on any atom is 0.408 e. The van der Waals surface area contributed by atoms with Crippen LogP contribution in [0.4, 0.5) is 4.79 Å². The van der Waals surface area contributed by atoms with Gasteiger partial charge in [-0.15, -0.1) is 0 Å². The third kappa shape index (κ3) is 5.31. The van der Waals surface area contributed by atoms with Gasteiger partial charge in [0.1, 0.15) is 11.4 Å². The van der Waals surface area contributed by atoms with Crippen molar-refractivity contribution in [3.63, 3.8) is 0 Å². The molecule has 2 aromatic rings. The van der Waals surface area contributed by atoms with E-state index in [-0.39, 0.29) is 6.54 Å². The highest BCUT2D eigenvalue weighted by atomic mass is 79.9. The molecule has 0 saturated heterocycles. The van der Waals surface area contributed by atoms with E-state index in [9.17, 15) is 4.79 Å². The molecule has 0 bridgehead atoms. The van der Waals surface area contributed by atoms with Crippen LogP contribution in [0.2, 0.25) is 0 Å². The van der Waals surface area contributed by atoms with Crippen molar-refractivity contribution < 1.29 is 9.53 Å². The highest BCUT2D eigenvalue weighted by molar-refractivity contribution is 9.09. The van der Waals surface area contributed by atoms with E-state index in [1.807, 2.05) is 32.9 Å². The van der Waals surface area contributed by atoms with Gasteiger partial charge in [-0.05, 0) is 32.9 Å². The van der Waals surface area contributed by atoms with Gasteiger partial charge in [0.25, 0.3) is 0 Å². The molecule has 2 rings (SSSR count). The Morgan fingerprint density at radius 1 is 1.35 bits per heavy atom. The fraction of sp³-hybridized carbons (Fsp3) is 0.467. The lowest BCUT2D eigenvalue weighted by Crippen LogP contribution is -2.32. The van der Waals surface area contributed by atoms with Gasteiger partial charge < -0.3 is 10.1 Å². The summed E-state index contributed by atoms with van der Waals surface area (Å²) in [5, 5.41) is 7.93. The summed E-state index contributed by atoms with van der Waals surface area (Å²) in [6.07, 6.45) is 2.91. The highest BCUT2D eigenvalue weighted by Crippen LogP contribution is 2.15. The van der Waals surface area contributed by atoms with Crippen LogP contribution in [0.3, 0.4) is 0 Å². The Bertz CT molecular complexity index is 652. The molecule has 7 nitrogen and oxygen atoms in total. The number of alkyl halides is 1. The lowest BCUT2D eigenvalue weighted by molar-refractivity contribution is 0.0521. The Hall–Kier alpha value is -1.96. The Balaban J connectivity index is 2.11. The summed E-state index contributed by atoms with van der Waals surface area (Å²) in [6, 6.07) is 3.69. The predicted octanol–water partition coefficient (Wildman–Crippen LogP) is 2.76. The molecule has 1 amide bonds. The van der Waals surface area contributed by atoms with E-state index in [1.165, 1.54) is 0 Å². The van der Waals surface area contributed by atoms with E-state index >= 15 is 0 Å². The summed E-state index contributed by atoms with van der Waals surface area (Å²) in [5.41, 5.74) is 0.349. The number of rotatable bonds is 5. The minimum Gasteiger partial charge on any atom is -0.444 e. The normalized spacial score (nSPS) is 11.3. The van der Waals surface area contributed by atoms with Crippen molar-refractivity contribution >= 4 is 22.0 Å². The Morgan fingerprint density at radius 2 is 2.04 bits per heavy atom. The van der Waals surface area contributed by atoms with Crippen molar-refractivity contribution in [2.75, 3.05) is 5.33 Å². The Kier molecular flexibility index (Phi) is 5.70. The summed E-state index contributed by atoms with van der Waals surface area (Å²) < 4.78 is 6.99. The maximum atomic E-state index is 11.8. The van der Waals surface area contributed by atoms with Crippen LogP contribution < -0.4 is 5.32 Å². The first-order chi connectivity index (χ1) is 10.9. The van der Waals surface area contributed by atoms with E-state index in [0.29, 0.717) is 18.2 Å². The van der Waals surface area contributed by atoms with Crippen LogP contribution in [-0.4, -0.2) is 36.8 Å². The minimum atomic E-state index is -0.532. The molecule has 2 aromatic heterocycles. The molecule has 2 heterocycles. The third-order valence-electron chi connectivity index (χ3n) is 2.77. The number of alkyl carbamates (subject to hydrolysis) is 1. The van der Waals surface area contributed by atoms with Crippen molar-refractivity contribution in [2.24, 2.45) is 0 Å². The van der Waals surface area contributed by atoms with Crippen molar-refractivity contribution in [1.29, 1.82) is 0 Å². The second-order valence-electron chi connectivity index (χ2n) is 5.86. The zero-order valence-electron chi connectivity index (χ0n) is 13.4. The SMILES string of the molecule is CC(C)(C)OC(=O)NCc1nc(-c2ccncc2)nn1CCBr. The first-order valence-corrected chi connectivity index (χ1v) is 8.38. The second kappa shape index (κ2) is 7.54. The van der Waals surface area contributed by atoms with Crippen LogP contribution in [0.25, 0.3) is 11.4 Å². The quantitative estimate of drug-likeness (QED) is 0.805. The number of carbonyl (C=O) groups excluding carboxylic acids is 1. The lowest BCUT2D eigenvalue weighted by Gasteiger charge is -2.19. The average molecular weight is 382 g/mol. The van der Waals surface area contributed by atoms with Gasteiger partial charge in [-0.2, -0.15) is 5.10 Å². The van der Waals surface area contributed by atoms with Crippen LogP contribution >= 0.6 is 15.9 Å². The summed E-state index contributed by atoms with van der Waals surface area (Å²) in [7, 11) is 0. The van der Waals surface area contributed by atoms with Gasteiger partial charge in [0.15, 0.2) is 5.82 Å². The van der Waals surface area contributed by atoms with Crippen LogP contribution in [0.1, 0.15) is 26.6 Å². The molecule has 124 valence electrons. The van der Waals surface area contributed by atoms with Crippen LogP contribution in [-0.2, 0) is 17.8 Å². The van der Waals surface area contributed by atoms with Crippen molar-refractivity contribution in [3.8, 4) is 11.4 Å². The van der Waals surface area contributed by atoms with Crippen molar-refractivity contribution in [3.05, 3.63) is 30.4 Å². The maximum absolute atomic E-state index is 11.8. The molecular weight excluding hydrogens is 362 g/mol. The molecule has 0 aliphatic heterocycles. The predicted molar refractivity (Wildman–Crippen MR) is 90.1 cm³/mol. The molecule has 0 spiro atoms. The molecular formula is C15H20BrN5O2. The zero-order valence-corrected chi connectivity index (χ0v) is 15.0. The van der Waals surface area contributed by atoms with Gasteiger partial charge in [0, 0.05) is 23.3 Å². The number of aryl methyl sites for hydroxylation is 1. The number of carbonyl (C=O) groups is 1. The monoisotopic (exact) mass is 381 g/mol. The fourth-order valence-electron chi connectivity index (χ4n) is 1.85. The number of ether oxygens (including phenoxy) is 1. The summed E-state index contributed by atoms with van der Waals surface area (Å²) in [6.45, 7) is 6.37. The molecule has 1 N–H and O–H groups in total. The Labute approximate surface area is 143 Å². The van der Waals surface area contributed by atoms with E-state index in [0.717, 1.165) is 10.9 Å². The third-order valence-corrected chi connectivity index (χ3v) is 3.13. The van der Waals surface area contributed by atoms with Gasteiger partial charge in [-0.25, -0.2) is 14.5 Å². The van der Waals surface area contributed by atoms with E-state index < -0.39 is 11.7 Å². The molecule has 0 aromatic carbocycles. The topological polar surface area (TPSA) is 81.9 Å². The molecule has 0 radical (unpaired) electrons. The Morgan fingerprint density at radius 3 is 2.65 bits per heavy atom. The summed E-state index contributed by atoms with van der Waals surface area (Å²) in [4.78, 5) is 20.3. The number of aromatic nitrogens is 4. The number of hydrogen-bond acceptors (Lipinski definition) is 5. The average Bonchev–Trinajstić information content (AvgIpc) is 2.88. The zero-order chi connectivity index (χ0) is 16.9. The van der Waals surface area contributed by atoms with Crippen molar-refractivity contribution in [1.82, 2.24) is 25.1 Å². The lowest BCUT2D eigenvalue weighted by atomic mass is 10.2. The first-order valence-electron chi connectivity index (χ1n) is 7.26. The van der Waals surface area contributed by atoms with Crippen LogP contribution in [0.5, 0.6) is 0 Å². The number of hydrogen-bond donors (Lipinski definition) is 1. The number of halogens is 1. The molecule has 0 saturated carbocycles. The standard InChI is InChI=1S/C15H20BrN5O2/c1-15(2,3)23-14(22)18-10-12-19-13(20-21(12)9-6-16)11-4-7-17-8-5-11/h4-5,7-8H,6,9-10H2,1-3H3,(H,18,22). The summed E-state index contributed by atoms with van der Waals surface area (Å²) >= 11 is 3.39. The number of nitrogens with one attached hydrogen (secondary N) is 1. The van der Waals surface area contributed by atoms with E-state index in [1.54, 1.807) is 17.1 Å². The largest absolute Gasteiger partial charge is 0.444 e. The van der Waals surface area contributed by atoms with Gasteiger partial charge in [-0.1, -0.05) is 15.9 Å². The molecule has 0 unspecified atom stereocenters. The van der Waals surface area contributed by atoms with Gasteiger partial charge in [0.2, 0.25) is 0 Å². The van der Waals surface area contributed by atoms with Crippen molar-refractivity contribution in [2.45, 2.75) is 39.5 Å². The molecule has 0 fully saturated rings. The molecule has 0 aliphatic carbocycles. The van der Waals surface area contributed by atoms with E-state index in [4.69, 9.17) is 4.74 Å². The van der Waals surface area contributed by atoms with Gasteiger partial charge in [0.05, 0.1) is 13.1 Å². The second-order valence-corrected chi connectivity index (χ2v) is 6.65. The van der Waals surface area contributed by atoms with Crippen LogP contribution in [0.15, 0.2) is 24.5 Å². The van der Waals surface area contributed by atoms with Crippen LogP contribution in [0, 0.1) is 0 Å². The van der Waals surface area contributed by atoms with E-state index in [2.05, 4.69) is 36.3 Å². The first kappa shape index (κ1) is 17.4. The fourth-order valence-corrected chi connectivity index (χ4v) is 2.19. The molecule has 0 aliphatic rings. The molecule has 8 heteroatoms. The van der Waals surface area contributed by atoms with Gasteiger partial charge >= 0.3 is 6.09 Å². The molecule has 0 atom stereocenters. The summed E-state index contributed by atoms with van der Waals surface area (Å²) in [5.74, 6) is 1.27. The number of nitrogens with zero attached hydrogens (tertiary/aromatic N) is 4. The number of amides is 1.